The number of amides is 1. The zero-order valence-electron chi connectivity index (χ0n) is 9.82. The Morgan fingerprint density at radius 1 is 1.50 bits per heavy atom. The van der Waals surface area contributed by atoms with Gasteiger partial charge in [-0.1, -0.05) is 12.2 Å². The molecule has 90 valence electrons. The molecule has 4 heteroatoms. The maximum absolute atomic E-state index is 11.7. The Kier molecular flexibility index (Phi) is 4.10. The Labute approximate surface area is 95.7 Å². The van der Waals surface area contributed by atoms with Crippen molar-refractivity contribution in [3.63, 3.8) is 0 Å². The normalized spacial score (nSPS) is 19.8. The summed E-state index contributed by atoms with van der Waals surface area (Å²) < 4.78 is 0. The molecule has 1 atom stereocenters. The van der Waals surface area contributed by atoms with E-state index in [9.17, 15) is 9.59 Å². The van der Waals surface area contributed by atoms with Crippen molar-refractivity contribution in [1.29, 1.82) is 0 Å². The highest BCUT2D eigenvalue weighted by atomic mass is 16.4. The van der Waals surface area contributed by atoms with Crippen LogP contribution in [0.15, 0.2) is 12.2 Å². The lowest BCUT2D eigenvalue weighted by atomic mass is 9.99. The molecule has 0 aromatic rings. The van der Waals surface area contributed by atoms with Crippen LogP contribution < -0.4 is 5.32 Å². The molecule has 0 bridgehead atoms. The highest BCUT2D eigenvalue weighted by Gasteiger charge is 2.25. The molecule has 4 nitrogen and oxygen atoms in total. The molecule has 0 heterocycles. The van der Waals surface area contributed by atoms with E-state index in [0.717, 1.165) is 12.8 Å². The fraction of sp³-hybridized carbons (Fsp3) is 0.667. The van der Waals surface area contributed by atoms with E-state index in [1.54, 1.807) is 13.8 Å². The molecule has 0 radical (unpaired) electrons. The van der Waals surface area contributed by atoms with Gasteiger partial charge in [0.05, 0.1) is 6.42 Å². The highest BCUT2D eigenvalue weighted by molar-refractivity contribution is 5.78. The summed E-state index contributed by atoms with van der Waals surface area (Å²) in [6.07, 6.45) is 6.60. The third-order valence-electron chi connectivity index (χ3n) is 2.63. The van der Waals surface area contributed by atoms with Crippen LogP contribution >= 0.6 is 0 Å². The first kappa shape index (κ1) is 12.7. The molecular weight excluding hydrogens is 206 g/mol. The predicted octanol–water partition coefficient (Wildman–Crippen LogP) is 1.71. The van der Waals surface area contributed by atoms with Gasteiger partial charge in [0, 0.05) is 12.0 Å². The number of carbonyl (C=O) groups is 2. The number of rotatable bonds is 5. The lowest BCUT2D eigenvalue weighted by molar-refractivity contribution is -0.138. The monoisotopic (exact) mass is 225 g/mol. The minimum atomic E-state index is -0.897. The minimum absolute atomic E-state index is 0.0563. The number of carboxylic acids is 1. The van der Waals surface area contributed by atoms with E-state index in [0.29, 0.717) is 12.3 Å². The first-order valence-electron chi connectivity index (χ1n) is 5.58. The van der Waals surface area contributed by atoms with Gasteiger partial charge < -0.3 is 10.4 Å². The summed E-state index contributed by atoms with van der Waals surface area (Å²) in [5.41, 5.74) is -0.675. The van der Waals surface area contributed by atoms with Gasteiger partial charge in [0.1, 0.15) is 0 Å². The summed E-state index contributed by atoms with van der Waals surface area (Å²) in [6, 6.07) is 0. The Morgan fingerprint density at radius 2 is 2.19 bits per heavy atom. The molecule has 0 fully saturated rings. The number of hydrogen-bond acceptors (Lipinski definition) is 2. The predicted molar refractivity (Wildman–Crippen MR) is 61.0 cm³/mol. The van der Waals surface area contributed by atoms with Crippen LogP contribution in [-0.2, 0) is 9.59 Å². The second-order valence-corrected chi connectivity index (χ2v) is 4.97. The standard InChI is InChI=1S/C12H19NO3/c1-12(2,8-11(15)16)13-10(14)7-9-5-3-4-6-9/h3,5,9H,4,6-8H2,1-2H3,(H,13,14)(H,15,16). The molecule has 0 aromatic heterocycles. The first-order valence-corrected chi connectivity index (χ1v) is 5.58. The van der Waals surface area contributed by atoms with Crippen LogP contribution in [-0.4, -0.2) is 22.5 Å². The van der Waals surface area contributed by atoms with Gasteiger partial charge in [-0.2, -0.15) is 0 Å². The average molecular weight is 225 g/mol. The van der Waals surface area contributed by atoms with Crippen molar-refractivity contribution in [2.24, 2.45) is 5.92 Å². The number of nitrogens with one attached hydrogen (secondary N) is 1. The van der Waals surface area contributed by atoms with Crippen molar-refractivity contribution in [3.05, 3.63) is 12.2 Å². The van der Waals surface area contributed by atoms with Crippen LogP contribution in [0.25, 0.3) is 0 Å². The summed E-state index contributed by atoms with van der Waals surface area (Å²) in [5.74, 6) is -0.644. The average Bonchev–Trinajstić information content (AvgIpc) is 2.51. The van der Waals surface area contributed by atoms with Gasteiger partial charge in [-0.25, -0.2) is 0 Å². The van der Waals surface area contributed by atoms with E-state index in [1.807, 2.05) is 0 Å². The second-order valence-electron chi connectivity index (χ2n) is 4.97. The van der Waals surface area contributed by atoms with Crippen molar-refractivity contribution < 1.29 is 14.7 Å². The fourth-order valence-electron chi connectivity index (χ4n) is 1.95. The molecule has 1 rings (SSSR count). The fourth-order valence-corrected chi connectivity index (χ4v) is 1.95. The van der Waals surface area contributed by atoms with E-state index >= 15 is 0 Å². The number of allylic oxidation sites excluding steroid dienone is 2. The van der Waals surface area contributed by atoms with Crippen molar-refractivity contribution in [1.82, 2.24) is 5.32 Å². The molecule has 0 saturated carbocycles. The topological polar surface area (TPSA) is 66.4 Å². The lowest BCUT2D eigenvalue weighted by Crippen LogP contribution is -2.45. The van der Waals surface area contributed by atoms with Gasteiger partial charge in [0.2, 0.25) is 5.91 Å². The van der Waals surface area contributed by atoms with Gasteiger partial charge in [0.25, 0.3) is 0 Å². The Morgan fingerprint density at radius 3 is 2.69 bits per heavy atom. The van der Waals surface area contributed by atoms with Crippen molar-refractivity contribution in [2.75, 3.05) is 0 Å². The summed E-state index contributed by atoms with van der Waals surface area (Å²) >= 11 is 0. The highest BCUT2D eigenvalue weighted by Crippen LogP contribution is 2.20. The van der Waals surface area contributed by atoms with Gasteiger partial charge >= 0.3 is 5.97 Å². The third kappa shape index (κ3) is 4.47. The third-order valence-corrected chi connectivity index (χ3v) is 2.63. The van der Waals surface area contributed by atoms with E-state index in [4.69, 9.17) is 5.11 Å². The first-order chi connectivity index (χ1) is 7.39. The van der Waals surface area contributed by atoms with Crippen molar-refractivity contribution >= 4 is 11.9 Å². The van der Waals surface area contributed by atoms with Crippen molar-refractivity contribution in [2.45, 2.75) is 45.1 Å². The number of carbonyl (C=O) groups excluding carboxylic acids is 1. The largest absolute Gasteiger partial charge is 0.481 e. The Hall–Kier alpha value is -1.32. The maximum Gasteiger partial charge on any atom is 0.305 e. The second kappa shape index (κ2) is 5.14. The SMILES string of the molecule is CC(C)(CC(=O)O)NC(=O)CC1C=CCC1. The maximum atomic E-state index is 11.7. The summed E-state index contributed by atoms with van der Waals surface area (Å²) in [7, 11) is 0. The molecule has 2 N–H and O–H groups in total. The number of carboxylic acid groups (broad SMARTS) is 1. The zero-order valence-corrected chi connectivity index (χ0v) is 9.82. The number of hydrogen-bond donors (Lipinski definition) is 2. The van der Waals surface area contributed by atoms with Crippen LogP contribution in [0.4, 0.5) is 0 Å². The van der Waals surface area contributed by atoms with Gasteiger partial charge in [-0.3, -0.25) is 9.59 Å². The lowest BCUT2D eigenvalue weighted by Gasteiger charge is -2.24. The molecule has 0 aromatic carbocycles. The molecule has 1 unspecified atom stereocenters. The van der Waals surface area contributed by atoms with Crippen LogP contribution in [0.2, 0.25) is 0 Å². The number of aliphatic carboxylic acids is 1. The molecular formula is C12H19NO3. The smallest absolute Gasteiger partial charge is 0.305 e. The quantitative estimate of drug-likeness (QED) is 0.700. The van der Waals surface area contributed by atoms with Crippen LogP contribution in [0.1, 0.15) is 39.5 Å². The minimum Gasteiger partial charge on any atom is -0.481 e. The molecule has 0 aliphatic heterocycles. The van der Waals surface area contributed by atoms with Gasteiger partial charge in [-0.15, -0.1) is 0 Å². The summed E-state index contributed by atoms with van der Waals surface area (Å²) in [5, 5.41) is 11.4. The van der Waals surface area contributed by atoms with Gasteiger partial charge in [-0.05, 0) is 32.6 Å². The molecule has 0 saturated heterocycles. The molecule has 1 aliphatic rings. The van der Waals surface area contributed by atoms with E-state index in [2.05, 4.69) is 17.5 Å². The molecule has 1 aliphatic carbocycles. The summed E-state index contributed by atoms with van der Waals surface area (Å²) in [4.78, 5) is 22.2. The van der Waals surface area contributed by atoms with Crippen LogP contribution in [0, 0.1) is 5.92 Å². The molecule has 0 spiro atoms. The summed E-state index contributed by atoms with van der Waals surface area (Å²) in [6.45, 7) is 3.45. The van der Waals surface area contributed by atoms with E-state index < -0.39 is 11.5 Å². The molecule has 1 amide bonds. The zero-order chi connectivity index (χ0) is 12.2. The van der Waals surface area contributed by atoms with Gasteiger partial charge in [0.15, 0.2) is 0 Å². The Balaban J connectivity index is 2.37. The Bertz CT molecular complexity index is 307. The van der Waals surface area contributed by atoms with Crippen molar-refractivity contribution in [3.8, 4) is 0 Å². The van der Waals surface area contributed by atoms with E-state index in [-0.39, 0.29) is 12.3 Å². The van der Waals surface area contributed by atoms with Crippen LogP contribution in [0.5, 0.6) is 0 Å². The van der Waals surface area contributed by atoms with Crippen LogP contribution in [0.3, 0.4) is 0 Å². The van der Waals surface area contributed by atoms with E-state index in [1.165, 1.54) is 0 Å². The molecule has 16 heavy (non-hydrogen) atoms.